The van der Waals surface area contributed by atoms with Crippen molar-refractivity contribution < 1.29 is 4.57 Å². The lowest BCUT2D eigenvalue weighted by molar-refractivity contribution is -0.659. The van der Waals surface area contributed by atoms with Gasteiger partial charge in [0, 0.05) is 16.4 Å². The maximum Gasteiger partial charge on any atom is 0.217 e. The normalized spacial score (nSPS) is 14.5. The van der Waals surface area contributed by atoms with Crippen LogP contribution in [0.15, 0.2) is 42.6 Å². The van der Waals surface area contributed by atoms with Crippen LogP contribution < -0.4 is 4.57 Å². The maximum absolute atomic E-state index is 2.47. The van der Waals surface area contributed by atoms with Gasteiger partial charge in [-0.05, 0) is 77.6 Å². The molecule has 1 aromatic heterocycles. The summed E-state index contributed by atoms with van der Waals surface area (Å²) in [4.78, 5) is 0. The van der Waals surface area contributed by atoms with E-state index in [9.17, 15) is 0 Å². The van der Waals surface area contributed by atoms with E-state index >= 15 is 0 Å². The summed E-state index contributed by atoms with van der Waals surface area (Å²) in [6.07, 6.45) is 3.45. The molecule has 0 N–H and O–H groups in total. The van der Waals surface area contributed by atoms with Gasteiger partial charge in [-0.2, -0.15) is 0 Å². The number of pyridine rings is 1. The molecule has 5 rings (SSSR count). The number of hydrogen-bond acceptors (Lipinski definition) is 0. The minimum atomic E-state index is -0.0674. The highest BCUT2D eigenvalue weighted by atomic mass is 14.9. The second-order valence-electron chi connectivity index (χ2n) is 10.7. The summed E-state index contributed by atoms with van der Waals surface area (Å²) in [7, 11) is 2.23. The van der Waals surface area contributed by atoms with Crippen LogP contribution in [0.2, 0.25) is 0 Å². The van der Waals surface area contributed by atoms with Crippen molar-refractivity contribution in [2.75, 3.05) is 0 Å². The maximum atomic E-state index is 2.47. The number of aromatic nitrogens is 1. The second kappa shape index (κ2) is 6.66. The molecule has 0 unspecified atom stereocenters. The molecule has 1 heteroatoms. The van der Waals surface area contributed by atoms with Crippen molar-refractivity contribution in [2.24, 2.45) is 13.0 Å². The zero-order chi connectivity index (χ0) is 22.2. The first-order chi connectivity index (χ1) is 14.6. The van der Waals surface area contributed by atoms with E-state index < -0.39 is 0 Å². The average Bonchev–Trinajstić information content (AvgIpc) is 2.67. The van der Waals surface area contributed by atoms with Gasteiger partial charge in [0.15, 0.2) is 6.20 Å². The molecule has 31 heavy (non-hydrogen) atoms. The predicted molar refractivity (Wildman–Crippen MR) is 133 cm³/mol. The van der Waals surface area contributed by atoms with Crippen LogP contribution in [0, 0.1) is 26.7 Å². The number of aryl methyl sites for hydroxylation is 3. The van der Waals surface area contributed by atoms with Gasteiger partial charge in [-0.1, -0.05) is 63.6 Å². The Hall–Kier alpha value is -2.67. The van der Waals surface area contributed by atoms with Crippen LogP contribution in [-0.4, -0.2) is 0 Å². The van der Waals surface area contributed by atoms with E-state index in [0.29, 0.717) is 5.92 Å². The summed E-state index contributed by atoms with van der Waals surface area (Å²) in [5.74, 6) is 0.656. The van der Waals surface area contributed by atoms with E-state index in [4.69, 9.17) is 0 Å². The molecule has 0 radical (unpaired) electrons. The van der Waals surface area contributed by atoms with Gasteiger partial charge in [0.1, 0.15) is 7.05 Å². The standard InChI is InChI=1S/C30H34N/c1-17(2)11-21-9-10-22-16-31(8)29-26-20(5)19(4)14-23-12-18(3)13-25(27(23)26)30(6,7)28(29)24(22)15-21/h9-10,12-17H,11H2,1-8H3/q+1. The van der Waals surface area contributed by atoms with Crippen molar-refractivity contribution in [1.29, 1.82) is 0 Å². The Morgan fingerprint density at radius 3 is 2.39 bits per heavy atom. The first-order valence-electron chi connectivity index (χ1n) is 11.6. The largest absolute Gasteiger partial charge is 0.217 e. The highest BCUT2D eigenvalue weighted by molar-refractivity contribution is 6.06. The summed E-state index contributed by atoms with van der Waals surface area (Å²) in [6, 6.07) is 14.3. The molecular weight excluding hydrogens is 374 g/mol. The third-order valence-electron chi connectivity index (χ3n) is 7.39. The molecule has 4 aromatic rings. The number of rotatable bonds is 2. The van der Waals surface area contributed by atoms with E-state index in [2.05, 4.69) is 103 Å². The van der Waals surface area contributed by atoms with Gasteiger partial charge >= 0.3 is 0 Å². The fraction of sp³-hybridized carbons (Fsp3) is 0.367. The van der Waals surface area contributed by atoms with Gasteiger partial charge < -0.3 is 0 Å². The molecule has 0 fully saturated rings. The first kappa shape index (κ1) is 20.2. The van der Waals surface area contributed by atoms with Gasteiger partial charge in [0.05, 0.1) is 5.56 Å². The van der Waals surface area contributed by atoms with Gasteiger partial charge in [0.25, 0.3) is 0 Å². The summed E-state index contributed by atoms with van der Waals surface area (Å²) in [5.41, 5.74) is 11.3. The summed E-state index contributed by atoms with van der Waals surface area (Å²) in [5, 5.41) is 5.57. The number of nitrogens with zero attached hydrogens (tertiary/aromatic N) is 1. The van der Waals surface area contributed by atoms with Crippen LogP contribution in [-0.2, 0) is 18.9 Å². The molecule has 0 amide bonds. The van der Waals surface area contributed by atoms with Gasteiger partial charge in [-0.3, -0.25) is 0 Å². The molecule has 0 bridgehead atoms. The minimum Gasteiger partial charge on any atom is -0.200 e. The lowest BCUT2D eigenvalue weighted by Crippen LogP contribution is -2.38. The number of fused-ring (bicyclic) bond motifs is 4. The van der Waals surface area contributed by atoms with E-state index in [-0.39, 0.29) is 5.41 Å². The Morgan fingerprint density at radius 2 is 1.68 bits per heavy atom. The average molecular weight is 409 g/mol. The highest BCUT2D eigenvalue weighted by Gasteiger charge is 2.41. The number of benzene rings is 3. The minimum absolute atomic E-state index is 0.0674. The molecule has 1 heterocycles. The molecule has 0 saturated carbocycles. The first-order valence-corrected chi connectivity index (χ1v) is 11.6. The molecule has 0 saturated heterocycles. The number of hydrogen-bond donors (Lipinski definition) is 0. The van der Waals surface area contributed by atoms with Gasteiger partial charge in [-0.25, -0.2) is 4.57 Å². The zero-order valence-corrected chi connectivity index (χ0v) is 20.3. The van der Waals surface area contributed by atoms with Gasteiger partial charge in [0.2, 0.25) is 5.69 Å². The Labute approximate surface area is 186 Å². The Balaban J connectivity index is 2.01. The molecule has 3 aromatic carbocycles. The fourth-order valence-electron chi connectivity index (χ4n) is 5.90. The molecular formula is C30H34N+. The topological polar surface area (TPSA) is 3.88 Å². The van der Waals surface area contributed by atoms with Crippen molar-refractivity contribution in [3.8, 4) is 11.3 Å². The molecule has 1 aliphatic carbocycles. The summed E-state index contributed by atoms with van der Waals surface area (Å²) in [6.45, 7) is 16.3. The fourth-order valence-corrected chi connectivity index (χ4v) is 5.90. The molecule has 1 aliphatic rings. The third-order valence-corrected chi connectivity index (χ3v) is 7.39. The van der Waals surface area contributed by atoms with Crippen LogP contribution in [0.1, 0.15) is 61.1 Å². The third kappa shape index (κ3) is 2.86. The predicted octanol–water partition coefficient (Wildman–Crippen LogP) is 7.25. The smallest absolute Gasteiger partial charge is 0.200 e. The molecule has 1 nitrogen and oxygen atoms in total. The summed E-state index contributed by atoms with van der Waals surface area (Å²) >= 11 is 0. The van der Waals surface area contributed by atoms with Crippen LogP contribution in [0.3, 0.4) is 0 Å². The van der Waals surface area contributed by atoms with Crippen LogP contribution in [0.25, 0.3) is 32.8 Å². The van der Waals surface area contributed by atoms with Crippen LogP contribution in [0.5, 0.6) is 0 Å². The highest BCUT2D eigenvalue weighted by Crippen LogP contribution is 2.51. The summed E-state index contributed by atoms with van der Waals surface area (Å²) < 4.78 is 2.38. The Morgan fingerprint density at radius 1 is 0.935 bits per heavy atom. The molecule has 0 aliphatic heterocycles. The monoisotopic (exact) mass is 408 g/mol. The quantitative estimate of drug-likeness (QED) is 0.308. The SMILES string of the molecule is Cc1cc2c3c(c(C)c(C)cc3c1)-c1c(c3cc(CC(C)C)ccc3c[n+]1C)C2(C)C. The van der Waals surface area contributed by atoms with Crippen LogP contribution >= 0.6 is 0 Å². The van der Waals surface area contributed by atoms with Crippen molar-refractivity contribution in [2.45, 2.75) is 60.3 Å². The van der Waals surface area contributed by atoms with Crippen LogP contribution in [0.4, 0.5) is 0 Å². The van der Waals surface area contributed by atoms with Crippen molar-refractivity contribution in [1.82, 2.24) is 0 Å². The van der Waals surface area contributed by atoms with E-state index in [0.717, 1.165) is 6.42 Å². The lowest BCUT2D eigenvalue weighted by Gasteiger charge is -2.35. The van der Waals surface area contributed by atoms with E-state index in [1.807, 2.05) is 0 Å². The van der Waals surface area contributed by atoms with E-state index in [1.54, 1.807) is 0 Å². The molecule has 0 spiro atoms. The molecule has 158 valence electrons. The molecule has 0 atom stereocenters. The van der Waals surface area contributed by atoms with Crippen molar-refractivity contribution in [3.05, 3.63) is 76.0 Å². The van der Waals surface area contributed by atoms with E-state index in [1.165, 1.54) is 66.2 Å². The Kier molecular flexibility index (Phi) is 4.35. The Bertz CT molecular complexity index is 1390. The zero-order valence-electron chi connectivity index (χ0n) is 20.3. The lowest BCUT2D eigenvalue weighted by atomic mass is 9.67. The van der Waals surface area contributed by atoms with Crippen molar-refractivity contribution in [3.63, 3.8) is 0 Å². The second-order valence-corrected chi connectivity index (χ2v) is 10.7. The van der Waals surface area contributed by atoms with Crippen molar-refractivity contribution >= 4 is 21.5 Å². The van der Waals surface area contributed by atoms with Gasteiger partial charge in [-0.15, -0.1) is 0 Å².